The first-order valence-electron chi connectivity index (χ1n) is 5.82. The van der Waals surface area contributed by atoms with E-state index in [0.29, 0.717) is 17.5 Å². The molecule has 1 heterocycles. The van der Waals surface area contributed by atoms with Gasteiger partial charge in [0.25, 0.3) is 0 Å². The number of unbranched alkanes of at least 4 members (excludes halogenated alkanes) is 1. The highest BCUT2D eigenvalue weighted by atomic mass is 35.5. The van der Waals surface area contributed by atoms with E-state index < -0.39 is 9.84 Å². The maximum absolute atomic E-state index is 11.5. The minimum Gasteiger partial charge on any atom is -0.229 e. The average molecular weight is 287 g/mol. The molecule has 1 fully saturated rings. The minimum atomic E-state index is -2.84. The fourth-order valence-electron chi connectivity index (χ4n) is 2.40. The van der Waals surface area contributed by atoms with Gasteiger partial charge in [-0.05, 0) is 18.8 Å². The van der Waals surface area contributed by atoms with Gasteiger partial charge in [-0.3, -0.25) is 0 Å². The van der Waals surface area contributed by atoms with Gasteiger partial charge in [0.05, 0.1) is 11.5 Å². The van der Waals surface area contributed by atoms with Crippen molar-refractivity contribution in [2.24, 2.45) is 11.3 Å². The summed E-state index contributed by atoms with van der Waals surface area (Å²) in [5.74, 6) is 1.67. The van der Waals surface area contributed by atoms with Gasteiger partial charge in [0.2, 0.25) is 0 Å². The highest BCUT2D eigenvalue weighted by Gasteiger charge is 2.43. The van der Waals surface area contributed by atoms with E-state index in [4.69, 9.17) is 23.2 Å². The van der Waals surface area contributed by atoms with E-state index in [9.17, 15) is 8.42 Å². The van der Waals surface area contributed by atoms with Gasteiger partial charge >= 0.3 is 0 Å². The fraction of sp³-hybridized carbons (Fsp3) is 1.00. The third kappa shape index (κ3) is 3.27. The van der Waals surface area contributed by atoms with Gasteiger partial charge in [0.1, 0.15) is 0 Å². The summed E-state index contributed by atoms with van der Waals surface area (Å²) in [4.78, 5) is 0. The summed E-state index contributed by atoms with van der Waals surface area (Å²) in [6, 6.07) is 0. The molecule has 0 aromatic carbocycles. The Morgan fingerprint density at radius 3 is 2.31 bits per heavy atom. The summed E-state index contributed by atoms with van der Waals surface area (Å²) in [7, 11) is -2.84. The zero-order valence-electron chi connectivity index (χ0n) is 9.71. The number of sulfone groups is 1. The van der Waals surface area contributed by atoms with Crippen molar-refractivity contribution in [1.82, 2.24) is 0 Å². The van der Waals surface area contributed by atoms with Crippen LogP contribution in [0.2, 0.25) is 0 Å². The molecule has 0 radical (unpaired) electrons. The van der Waals surface area contributed by atoms with E-state index in [2.05, 4.69) is 6.92 Å². The van der Waals surface area contributed by atoms with Gasteiger partial charge in [-0.2, -0.15) is 0 Å². The summed E-state index contributed by atoms with van der Waals surface area (Å²) in [5, 5.41) is 0. The molecule has 16 heavy (non-hydrogen) atoms. The van der Waals surface area contributed by atoms with E-state index >= 15 is 0 Å². The van der Waals surface area contributed by atoms with Crippen LogP contribution in [0.5, 0.6) is 0 Å². The zero-order chi connectivity index (χ0) is 12.2. The predicted octanol–water partition coefficient (Wildman–Crippen LogP) is 3.08. The third-order valence-electron chi connectivity index (χ3n) is 3.66. The van der Waals surface area contributed by atoms with E-state index in [1.54, 1.807) is 0 Å². The van der Waals surface area contributed by atoms with E-state index in [1.807, 2.05) is 0 Å². The van der Waals surface area contributed by atoms with Crippen LogP contribution in [0.25, 0.3) is 0 Å². The van der Waals surface area contributed by atoms with Crippen molar-refractivity contribution in [3.8, 4) is 0 Å². The van der Waals surface area contributed by atoms with Crippen LogP contribution >= 0.6 is 23.2 Å². The smallest absolute Gasteiger partial charge is 0.150 e. The second kappa shape index (κ2) is 5.92. The number of rotatable bonds is 6. The first kappa shape index (κ1) is 14.6. The Hall–Kier alpha value is 0.530. The Bertz CT molecular complexity index is 310. The highest BCUT2D eigenvalue weighted by Crippen LogP contribution is 2.42. The highest BCUT2D eigenvalue weighted by molar-refractivity contribution is 7.91. The lowest BCUT2D eigenvalue weighted by Gasteiger charge is -2.35. The molecule has 1 atom stereocenters. The largest absolute Gasteiger partial charge is 0.229 e. The molecule has 1 saturated heterocycles. The lowest BCUT2D eigenvalue weighted by atomic mass is 9.74. The van der Waals surface area contributed by atoms with Gasteiger partial charge in [0.15, 0.2) is 9.84 Å². The van der Waals surface area contributed by atoms with Gasteiger partial charge in [-0.25, -0.2) is 8.42 Å². The molecule has 0 amide bonds. The number of alkyl halides is 2. The Kier molecular flexibility index (Phi) is 5.40. The second-order valence-corrected chi connectivity index (χ2v) is 7.60. The van der Waals surface area contributed by atoms with Gasteiger partial charge in [-0.15, -0.1) is 23.2 Å². The molecule has 2 nitrogen and oxygen atoms in total. The molecule has 0 N–H and O–H groups in total. The summed E-state index contributed by atoms with van der Waals surface area (Å²) >= 11 is 12.1. The molecule has 96 valence electrons. The van der Waals surface area contributed by atoms with Gasteiger partial charge in [-0.1, -0.05) is 19.8 Å². The normalized spacial score (nSPS) is 24.8. The molecule has 5 heteroatoms. The molecule has 0 saturated carbocycles. The number of hydrogen-bond acceptors (Lipinski definition) is 2. The fourth-order valence-corrected chi connectivity index (χ4v) is 5.33. The van der Waals surface area contributed by atoms with Gasteiger partial charge in [0, 0.05) is 17.2 Å². The lowest BCUT2D eigenvalue weighted by Crippen LogP contribution is -2.35. The number of hydrogen-bond donors (Lipinski definition) is 0. The molecule has 0 aromatic heterocycles. The lowest BCUT2D eigenvalue weighted by molar-refractivity contribution is 0.221. The molecule has 1 rings (SSSR count). The standard InChI is InChI=1S/C11H20Cl2O2S/c1-2-3-5-11(8-12,9-13)10-4-6-16(14,15)7-10/h10H,2-9H2,1H3. The van der Waals surface area contributed by atoms with Crippen molar-refractivity contribution in [3.63, 3.8) is 0 Å². The van der Waals surface area contributed by atoms with Crippen molar-refractivity contribution in [2.75, 3.05) is 23.3 Å². The van der Waals surface area contributed by atoms with E-state index in [-0.39, 0.29) is 17.1 Å². The molecular weight excluding hydrogens is 267 g/mol. The average Bonchev–Trinajstić information content (AvgIpc) is 2.62. The molecule has 0 spiro atoms. The minimum absolute atomic E-state index is 0.152. The first-order chi connectivity index (χ1) is 7.49. The van der Waals surface area contributed by atoms with Crippen LogP contribution in [0.1, 0.15) is 32.6 Å². The van der Waals surface area contributed by atoms with E-state index in [0.717, 1.165) is 25.7 Å². The zero-order valence-corrected chi connectivity index (χ0v) is 12.0. The Balaban J connectivity index is 2.77. The van der Waals surface area contributed by atoms with Crippen LogP contribution in [0.15, 0.2) is 0 Å². The van der Waals surface area contributed by atoms with Crippen LogP contribution in [0.4, 0.5) is 0 Å². The van der Waals surface area contributed by atoms with Crippen LogP contribution in [0.3, 0.4) is 0 Å². The van der Waals surface area contributed by atoms with Crippen molar-refractivity contribution < 1.29 is 8.42 Å². The summed E-state index contributed by atoms with van der Waals surface area (Å²) < 4.78 is 23.0. The van der Waals surface area contributed by atoms with Crippen molar-refractivity contribution in [2.45, 2.75) is 32.6 Å². The van der Waals surface area contributed by atoms with Gasteiger partial charge < -0.3 is 0 Å². The molecule has 0 aliphatic carbocycles. The van der Waals surface area contributed by atoms with E-state index in [1.165, 1.54) is 0 Å². The quantitative estimate of drug-likeness (QED) is 0.704. The van der Waals surface area contributed by atoms with Crippen LogP contribution in [-0.4, -0.2) is 31.7 Å². The summed E-state index contributed by atoms with van der Waals surface area (Å²) in [6.45, 7) is 2.12. The monoisotopic (exact) mass is 286 g/mol. The summed E-state index contributed by atoms with van der Waals surface area (Å²) in [6.07, 6.45) is 3.83. The molecule has 1 aliphatic rings. The maximum atomic E-state index is 11.5. The number of halogens is 2. The van der Waals surface area contributed by atoms with Crippen LogP contribution in [-0.2, 0) is 9.84 Å². The van der Waals surface area contributed by atoms with Crippen LogP contribution < -0.4 is 0 Å². The van der Waals surface area contributed by atoms with Crippen molar-refractivity contribution in [3.05, 3.63) is 0 Å². The molecule has 1 aliphatic heterocycles. The second-order valence-electron chi connectivity index (χ2n) is 4.83. The molecule has 1 unspecified atom stereocenters. The SMILES string of the molecule is CCCCC(CCl)(CCl)C1CCS(=O)(=O)C1. The van der Waals surface area contributed by atoms with Crippen molar-refractivity contribution in [1.29, 1.82) is 0 Å². The van der Waals surface area contributed by atoms with Crippen LogP contribution in [0, 0.1) is 11.3 Å². The summed E-state index contributed by atoms with van der Waals surface area (Å²) in [5.41, 5.74) is -0.178. The maximum Gasteiger partial charge on any atom is 0.150 e. The third-order valence-corrected chi connectivity index (χ3v) is 6.49. The first-order valence-corrected chi connectivity index (χ1v) is 8.71. The predicted molar refractivity (Wildman–Crippen MR) is 70.2 cm³/mol. The molecule has 0 aromatic rings. The Morgan fingerprint density at radius 2 is 1.94 bits per heavy atom. The Labute approximate surface area is 109 Å². The molecule has 0 bridgehead atoms. The topological polar surface area (TPSA) is 34.1 Å². The van der Waals surface area contributed by atoms with Crippen molar-refractivity contribution >= 4 is 33.0 Å². The Morgan fingerprint density at radius 1 is 1.31 bits per heavy atom. The molecular formula is C11H20Cl2O2S.